The maximum atomic E-state index is 13.7. The van der Waals surface area contributed by atoms with Crippen molar-refractivity contribution in [3.8, 4) is 22.6 Å². The molecule has 0 saturated heterocycles. The Kier molecular flexibility index (Phi) is 5.97. The fourth-order valence-electron chi connectivity index (χ4n) is 2.39. The zero-order valence-electron chi connectivity index (χ0n) is 13.7. The highest BCUT2D eigenvalue weighted by molar-refractivity contribution is 9.10. The Balaban J connectivity index is 1.97. The number of benzene rings is 2. The first kappa shape index (κ1) is 20.0. The summed E-state index contributed by atoms with van der Waals surface area (Å²) in [4.78, 5) is 7.23. The zero-order chi connectivity index (χ0) is 19.6. The van der Waals surface area contributed by atoms with Crippen LogP contribution in [0.2, 0.25) is 5.02 Å². The molecular weight excluding hydrogens is 461 g/mol. The van der Waals surface area contributed by atoms with Crippen LogP contribution in [-0.4, -0.2) is 36.6 Å². The number of aromatic amines is 1. The van der Waals surface area contributed by atoms with Gasteiger partial charge in [-0.2, -0.15) is 0 Å². The highest BCUT2D eigenvalue weighted by atomic mass is 79.9. The number of hydrogen-bond acceptors (Lipinski definition) is 4. The number of hydrogen-bond donors (Lipinski definition) is 3. The number of rotatable bonds is 6. The third-order valence-corrected chi connectivity index (χ3v) is 6.28. The predicted octanol–water partition coefficient (Wildman–Crippen LogP) is 3.57. The molecule has 0 atom stereocenters. The first-order valence-electron chi connectivity index (χ1n) is 7.73. The summed E-state index contributed by atoms with van der Waals surface area (Å²) >= 11 is 9.12. The minimum absolute atomic E-state index is 0.0472. The van der Waals surface area contributed by atoms with Crippen LogP contribution in [0.5, 0.6) is 0 Å². The Bertz CT molecular complexity index is 1090. The third-order valence-electron chi connectivity index (χ3n) is 3.69. The summed E-state index contributed by atoms with van der Waals surface area (Å²) < 4.78 is 41.0. The lowest BCUT2D eigenvalue weighted by molar-refractivity contribution is 0.301. The summed E-state index contributed by atoms with van der Waals surface area (Å²) in [6.45, 7) is -0.454. The van der Waals surface area contributed by atoms with Crippen LogP contribution in [0.4, 0.5) is 4.39 Å². The Morgan fingerprint density at radius 3 is 2.67 bits per heavy atom. The molecule has 27 heavy (non-hydrogen) atoms. The SMILES string of the molecule is O=S(=O)(NCCO)c1cc(-c2nc(-c3ccc(Br)c(F)c3)c[nH]2)ccc1Cl. The molecule has 6 nitrogen and oxygen atoms in total. The van der Waals surface area contributed by atoms with E-state index in [1.165, 1.54) is 18.2 Å². The van der Waals surface area contributed by atoms with E-state index >= 15 is 0 Å². The van der Waals surface area contributed by atoms with Gasteiger partial charge in [0.25, 0.3) is 0 Å². The molecule has 0 saturated carbocycles. The van der Waals surface area contributed by atoms with Gasteiger partial charge in [-0.25, -0.2) is 22.5 Å². The van der Waals surface area contributed by atoms with Gasteiger partial charge < -0.3 is 10.1 Å². The fourth-order valence-corrected chi connectivity index (χ4v) is 4.18. The van der Waals surface area contributed by atoms with E-state index in [1.807, 2.05) is 0 Å². The first-order chi connectivity index (χ1) is 12.8. The van der Waals surface area contributed by atoms with E-state index in [0.717, 1.165) is 0 Å². The van der Waals surface area contributed by atoms with Crippen molar-refractivity contribution in [3.63, 3.8) is 0 Å². The minimum Gasteiger partial charge on any atom is -0.395 e. The van der Waals surface area contributed by atoms with Gasteiger partial charge in [0.2, 0.25) is 10.0 Å². The number of aliphatic hydroxyl groups is 1. The Hall–Kier alpha value is -1.78. The predicted molar refractivity (Wildman–Crippen MR) is 104 cm³/mol. The van der Waals surface area contributed by atoms with Crippen molar-refractivity contribution < 1.29 is 17.9 Å². The molecule has 0 aliphatic heterocycles. The fraction of sp³-hybridized carbons (Fsp3) is 0.118. The van der Waals surface area contributed by atoms with Crippen LogP contribution in [-0.2, 0) is 10.0 Å². The molecule has 3 N–H and O–H groups in total. The molecule has 2 aromatic carbocycles. The molecule has 3 aromatic rings. The molecule has 0 bridgehead atoms. The van der Waals surface area contributed by atoms with E-state index in [4.69, 9.17) is 16.7 Å². The second-order valence-corrected chi connectivity index (χ2v) is 8.53. The van der Waals surface area contributed by atoms with Gasteiger partial charge in [-0.1, -0.05) is 17.7 Å². The quantitative estimate of drug-likeness (QED) is 0.509. The molecule has 1 aromatic heterocycles. The molecule has 3 rings (SSSR count). The second-order valence-electron chi connectivity index (χ2n) is 5.53. The van der Waals surface area contributed by atoms with Gasteiger partial charge in [-0.3, -0.25) is 0 Å². The number of imidazole rings is 1. The van der Waals surface area contributed by atoms with Gasteiger partial charge in [0.05, 0.1) is 21.8 Å². The maximum Gasteiger partial charge on any atom is 0.242 e. The van der Waals surface area contributed by atoms with Crippen molar-refractivity contribution >= 4 is 37.6 Å². The van der Waals surface area contributed by atoms with Crippen molar-refractivity contribution in [3.05, 3.63) is 57.9 Å². The number of aliphatic hydroxyl groups excluding tert-OH is 1. The van der Waals surface area contributed by atoms with E-state index in [1.54, 1.807) is 24.4 Å². The van der Waals surface area contributed by atoms with Crippen LogP contribution in [0.25, 0.3) is 22.6 Å². The van der Waals surface area contributed by atoms with E-state index in [2.05, 4.69) is 30.6 Å². The molecular formula is C17H14BrClFN3O3S. The molecule has 0 radical (unpaired) electrons. The standard InChI is InChI=1S/C17H14BrClFN3O3S/c18-12-3-1-10(7-14(12)20)15-9-21-17(23-15)11-2-4-13(19)16(8-11)27(25,26)22-5-6-24/h1-4,7-9,22,24H,5-6H2,(H,21,23). The van der Waals surface area contributed by atoms with Gasteiger partial charge in [0.15, 0.2) is 0 Å². The van der Waals surface area contributed by atoms with E-state index in [0.29, 0.717) is 27.1 Å². The lowest BCUT2D eigenvalue weighted by Crippen LogP contribution is -2.26. The highest BCUT2D eigenvalue weighted by Crippen LogP contribution is 2.29. The van der Waals surface area contributed by atoms with Crippen molar-refractivity contribution in [2.45, 2.75) is 4.90 Å². The number of aromatic nitrogens is 2. The van der Waals surface area contributed by atoms with Crippen LogP contribution in [0.1, 0.15) is 0 Å². The van der Waals surface area contributed by atoms with Gasteiger partial charge >= 0.3 is 0 Å². The Morgan fingerprint density at radius 2 is 1.96 bits per heavy atom. The third kappa shape index (κ3) is 4.39. The Morgan fingerprint density at radius 1 is 1.22 bits per heavy atom. The number of halogens is 3. The lowest BCUT2D eigenvalue weighted by Gasteiger charge is -2.08. The summed E-state index contributed by atoms with van der Waals surface area (Å²) in [5.41, 5.74) is 1.58. The molecule has 0 spiro atoms. The zero-order valence-corrected chi connectivity index (χ0v) is 16.9. The van der Waals surface area contributed by atoms with Gasteiger partial charge in [0, 0.05) is 23.9 Å². The van der Waals surface area contributed by atoms with Crippen LogP contribution in [0.15, 0.2) is 52.0 Å². The van der Waals surface area contributed by atoms with E-state index in [9.17, 15) is 12.8 Å². The lowest BCUT2D eigenvalue weighted by atomic mass is 10.2. The highest BCUT2D eigenvalue weighted by Gasteiger charge is 2.19. The molecule has 0 aliphatic rings. The van der Waals surface area contributed by atoms with Gasteiger partial charge in [-0.15, -0.1) is 0 Å². The summed E-state index contributed by atoms with van der Waals surface area (Å²) in [5, 5.41) is 8.87. The molecule has 10 heteroatoms. The van der Waals surface area contributed by atoms with E-state index in [-0.39, 0.29) is 23.1 Å². The molecule has 1 heterocycles. The van der Waals surface area contributed by atoms with Gasteiger partial charge in [0.1, 0.15) is 16.5 Å². The summed E-state index contributed by atoms with van der Waals surface area (Å²) in [6.07, 6.45) is 1.60. The number of nitrogens with one attached hydrogen (secondary N) is 2. The smallest absolute Gasteiger partial charge is 0.242 e. The summed E-state index contributed by atoms with van der Waals surface area (Å²) in [5.74, 6) is -0.00418. The van der Waals surface area contributed by atoms with Crippen LogP contribution < -0.4 is 4.72 Å². The maximum absolute atomic E-state index is 13.7. The molecule has 0 fully saturated rings. The molecule has 0 unspecified atom stereocenters. The monoisotopic (exact) mass is 473 g/mol. The van der Waals surface area contributed by atoms with Crippen molar-refractivity contribution in [1.82, 2.24) is 14.7 Å². The Labute approximate surface area is 168 Å². The summed E-state index contributed by atoms with van der Waals surface area (Å²) in [7, 11) is -3.88. The normalized spacial score (nSPS) is 11.7. The van der Waals surface area contributed by atoms with Crippen LogP contribution in [0.3, 0.4) is 0 Å². The van der Waals surface area contributed by atoms with Crippen molar-refractivity contribution in [2.75, 3.05) is 13.2 Å². The summed E-state index contributed by atoms with van der Waals surface area (Å²) in [6, 6.07) is 9.10. The topological polar surface area (TPSA) is 95.1 Å². The molecule has 142 valence electrons. The van der Waals surface area contributed by atoms with Crippen LogP contribution in [0, 0.1) is 5.82 Å². The average molecular weight is 475 g/mol. The molecule has 0 aliphatic carbocycles. The largest absolute Gasteiger partial charge is 0.395 e. The van der Waals surface area contributed by atoms with Crippen molar-refractivity contribution in [1.29, 1.82) is 0 Å². The van der Waals surface area contributed by atoms with Crippen molar-refractivity contribution in [2.24, 2.45) is 0 Å². The number of H-pyrrole nitrogens is 1. The minimum atomic E-state index is -3.88. The average Bonchev–Trinajstić information content (AvgIpc) is 3.12. The first-order valence-corrected chi connectivity index (χ1v) is 10.4. The second kappa shape index (κ2) is 8.07. The van der Waals surface area contributed by atoms with Gasteiger partial charge in [-0.05, 0) is 46.3 Å². The molecule has 0 amide bonds. The van der Waals surface area contributed by atoms with Crippen LogP contribution >= 0.6 is 27.5 Å². The number of sulfonamides is 1. The number of nitrogens with zero attached hydrogens (tertiary/aromatic N) is 1. The van der Waals surface area contributed by atoms with E-state index < -0.39 is 15.8 Å².